The third-order valence-corrected chi connectivity index (χ3v) is 11.9. The lowest BCUT2D eigenvalue weighted by Gasteiger charge is -2.32. The van der Waals surface area contributed by atoms with Crippen LogP contribution in [0.25, 0.3) is 22.0 Å². The number of hydrogen-bond acceptors (Lipinski definition) is 2. The molecule has 1 aliphatic rings. The van der Waals surface area contributed by atoms with E-state index in [1.807, 2.05) is 6.20 Å². The first-order valence-electron chi connectivity index (χ1n) is 11.4. The molecule has 1 aromatic heterocycles. The topological polar surface area (TPSA) is 22.1 Å². The van der Waals surface area contributed by atoms with Crippen LogP contribution in [0.4, 0.5) is 0 Å². The summed E-state index contributed by atoms with van der Waals surface area (Å²) in [6.45, 7) is 4.35. The molecule has 6 rings (SSSR count). The van der Waals surface area contributed by atoms with Crippen LogP contribution in [0.15, 0.2) is 97.2 Å². The quantitative estimate of drug-likeness (QED) is 0.382. The largest absolute Gasteiger partial charge is 0.496 e. The minimum Gasteiger partial charge on any atom is -0.496 e. The van der Waals surface area contributed by atoms with Crippen LogP contribution < -0.4 is 25.5 Å². The summed E-state index contributed by atoms with van der Waals surface area (Å²) < 4.78 is 5.80. The van der Waals surface area contributed by atoms with Crippen LogP contribution in [0, 0.1) is 13.8 Å². The Balaban J connectivity index is 1.88. The van der Waals surface area contributed by atoms with Gasteiger partial charge in [0.15, 0.2) is 8.07 Å². The monoisotopic (exact) mass is 443 g/mol. The van der Waals surface area contributed by atoms with Gasteiger partial charge in [-0.15, -0.1) is 0 Å². The first-order chi connectivity index (χ1) is 16.2. The lowest BCUT2D eigenvalue weighted by molar-refractivity contribution is 0.412. The Hall–Kier alpha value is -3.69. The molecule has 0 aliphatic carbocycles. The zero-order valence-electron chi connectivity index (χ0n) is 19.1. The van der Waals surface area contributed by atoms with Gasteiger partial charge in [0.05, 0.1) is 12.6 Å². The van der Waals surface area contributed by atoms with E-state index in [1.54, 1.807) is 7.11 Å². The number of rotatable bonds is 3. The lowest BCUT2D eigenvalue weighted by atomic mass is 9.97. The number of methoxy groups -OCH3 is 1. The molecule has 0 radical (unpaired) electrons. The maximum absolute atomic E-state index is 5.80. The van der Waals surface area contributed by atoms with Crippen LogP contribution in [0.5, 0.6) is 5.75 Å². The molecule has 2 heterocycles. The molecule has 1 aliphatic heterocycles. The number of ether oxygens (including phenoxy) is 1. The third-order valence-electron chi connectivity index (χ3n) is 7.11. The number of benzene rings is 4. The summed E-state index contributed by atoms with van der Waals surface area (Å²) in [4.78, 5) is 4.77. The average molecular weight is 444 g/mol. The van der Waals surface area contributed by atoms with Crippen molar-refractivity contribution in [1.82, 2.24) is 4.98 Å². The Kier molecular flexibility index (Phi) is 4.49. The Labute approximate surface area is 195 Å². The number of aromatic nitrogens is 1. The third kappa shape index (κ3) is 2.69. The average Bonchev–Trinajstić information content (AvgIpc) is 3.14. The first kappa shape index (κ1) is 20.0. The highest BCUT2D eigenvalue weighted by Gasteiger charge is 2.49. The lowest BCUT2D eigenvalue weighted by Crippen LogP contribution is -2.72. The molecule has 0 amide bonds. The maximum atomic E-state index is 5.80. The summed E-state index contributed by atoms with van der Waals surface area (Å²) in [7, 11) is -0.763. The van der Waals surface area contributed by atoms with Gasteiger partial charge in [-0.3, -0.25) is 4.98 Å². The van der Waals surface area contributed by atoms with Crippen LogP contribution in [-0.4, -0.2) is 20.2 Å². The number of nitrogens with zero attached hydrogens (tertiary/aromatic N) is 1. The van der Waals surface area contributed by atoms with E-state index < -0.39 is 8.07 Å². The second-order valence-electron chi connectivity index (χ2n) is 8.87. The standard InChI is InChI=1S/C30H25NOSi/c1-20-17-27-25(19-26(20)32-3)29-24-15-10-16-31-30(24)21(2)18-28(29)33(27,22-11-6-4-7-12-22)23-13-8-5-9-14-23/h4-19H,1-3H3. The van der Waals surface area contributed by atoms with Crippen molar-refractivity contribution >= 4 is 39.7 Å². The highest BCUT2D eigenvalue weighted by atomic mass is 28.3. The van der Waals surface area contributed by atoms with E-state index >= 15 is 0 Å². The Morgan fingerprint density at radius 2 is 1.33 bits per heavy atom. The van der Waals surface area contributed by atoms with Gasteiger partial charge in [-0.05, 0) is 69.0 Å². The molecule has 0 saturated carbocycles. The van der Waals surface area contributed by atoms with Crippen LogP contribution in [0.2, 0.25) is 0 Å². The summed E-state index contributed by atoms with van der Waals surface area (Å²) in [5.74, 6) is 0.934. The molecular formula is C30H25NOSi. The van der Waals surface area contributed by atoms with Crippen LogP contribution in [-0.2, 0) is 0 Å². The van der Waals surface area contributed by atoms with Crippen molar-refractivity contribution in [2.75, 3.05) is 7.11 Å². The van der Waals surface area contributed by atoms with E-state index in [1.165, 1.54) is 48.4 Å². The summed E-state index contributed by atoms with van der Waals surface area (Å²) >= 11 is 0. The van der Waals surface area contributed by atoms with Crippen molar-refractivity contribution in [3.8, 4) is 16.9 Å². The van der Waals surface area contributed by atoms with Gasteiger partial charge in [0, 0.05) is 11.6 Å². The Bertz CT molecular complexity index is 1470. The van der Waals surface area contributed by atoms with Gasteiger partial charge in [0.1, 0.15) is 5.75 Å². The number of pyridine rings is 1. The summed E-state index contributed by atoms with van der Waals surface area (Å²) in [5.41, 5.74) is 6.07. The second-order valence-corrected chi connectivity index (χ2v) is 12.6. The molecule has 0 N–H and O–H groups in total. The van der Waals surface area contributed by atoms with E-state index in [2.05, 4.69) is 105 Å². The van der Waals surface area contributed by atoms with Crippen LogP contribution in [0.3, 0.4) is 0 Å². The van der Waals surface area contributed by atoms with Gasteiger partial charge in [-0.25, -0.2) is 0 Å². The first-order valence-corrected chi connectivity index (χ1v) is 13.4. The van der Waals surface area contributed by atoms with Gasteiger partial charge in [-0.2, -0.15) is 0 Å². The smallest absolute Gasteiger partial charge is 0.180 e. The molecule has 3 heteroatoms. The highest BCUT2D eigenvalue weighted by Crippen LogP contribution is 2.37. The van der Waals surface area contributed by atoms with Crippen LogP contribution >= 0.6 is 0 Å². The van der Waals surface area contributed by atoms with Crippen LogP contribution in [0.1, 0.15) is 11.1 Å². The molecule has 0 atom stereocenters. The van der Waals surface area contributed by atoms with Crippen molar-refractivity contribution in [3.63, 3.8) is 0 Å². The predicted molar refractivity (Wildman–Crippen MR) is 140 cm³/mol. The molecule has 2 nitrogen and oxygen atoms in total. The Morgan fingerprint density at radius 1 is 0.697 bits per heavy atom. The van der Waals surface area contributed by atoms with E-state index in [0.29, 0.717) is 0 Å². The molecule has 4 aromatic carbocycles. The Morgan fingerprint density at radius 3 is 1.97 bits per heavy atom. The summed E-state index contributed by atoms with van der Waals surface area (Å²) in [5, 5.41) is 6.91. The second kappa shape index (κ2) is 7.43. The summed E-state index contributed by atoms with van der Waals surface area (Å²) in [6.07, 6.45) is 1.90. The SMILES string of the molecule is COc1cc2c(cc1C)[Si](c1ccccc1)(c1ccccc1)c1cc(C)c3ncccc3c1-2. The van der Waals surface area contributed by atoms with Crippen molar-refractivity contribution in [1.29, 1.82) is 0 Å². The molecule has 0 unspecified atom stereocenters. The fraction of sp³-hybridized carbons (Fsp3) is 0.100. The zero-order valence-corrected chi connectivity index (χ0v) is 20.1. The fourth-order valence-electron chi connectivity index (χ4n) is 5.74. The number of fused-ring (bicyclic) bond motifs is 5. The maximum Gasteiger partial charge on any atom is 0.180 e. The van der Waals surface area contributed by atoms with Gasteiger partial charge in [0.25, 0.3) is 0 Å². The van der Waals surface area contributed by atoms with E-state index in [9.17, 15) is 0 Å². The molecule has 0 spiro atoms. The minimum atomic E-state index is -2.52. The molecule has 0 fully saturated rings. The predicted octanol–water partition coefficient (Wildman–Crippen LogP) is 4.22. The highest BCUT2D eigenvalue weighted by molar-refractivity contribution is 7.22. The van der Waals surface area contributed by atoms with Crippen molar-refractivity contribution in [3.05, 3.63) is 108 Å². The molecule has 5 aromatic rings. The molecule has 0 bridgehead atoms. The van der Waals surface area contributed by atoms with Gasteiger partial charge < -0.3 is 4.74 Å². The van der Waals surface area contributed by atoms with Gasteiger partial charge in [-0.1, -0.05) is 78.9 Å². The van der Waals surface area contributed by atoms with Gasteiger partial charge in [0.2, 0.25) is 0 Å². The van der Waals surface area contributed by atoms with Crippen molar-refractivity contribution in [2.45, 2.75) is 13.8 Å². The molecule has 0 saturated heterocycles. The van der Waals surface area contributed by atoms with E-state index in [4.69, 9.17) is 9.72 Å². The normalized spacial score (nSPS) is 13.5. The van der Waals surface area contributed by atoms with E-state index in [0.717, 1.165) is 11.3 Å². The van der Waals surface area contributed by atoms with E-state index in [-0.39, 0.29) is 0 Å². The fourth-order valence-corrected chi connectivity index (χ4v) is 11.1. The molecule has 160 valence electrons. The van der Waals surface area contributed by atoms with Crippen molar-refractivity contribution < 1.29 is 4.74 Å². The summed E-state index contributed by atoms with van der Waals surface area (Å²) in [6, 6.07) is 33.6. The van der Waals surface area contributed by atoms with Gasteiger partial charge >= 0.3 is 0 Å². The van der Waals surface area contributed by atoms with Crippen molar-refractivity contribution in [2.24, 2.45) is 0 Å². The molecule has 33 heavy (non-hydrogen) atoms. The number of hydrogen-bond donors (Lipinski definition) is 0. The zero-order chi connectivity index (χ0) is 22.6. The minimum absolute atomic E-state index is 0.934. The number of aryl methyl sites for hydroxylation is 2. The molecular weight excluding hydrogens is 418 g/mol.